The van der Waals surface area contributed by atoms with E-state index in [1.807, 2.05) is 0 Å². The van der Waals surface area contributed by atoms with Gasteiger partial charge in [0.05, 0.1) is 25.2 Å². The van der Waals surface area contributed by atoms with Crippen molar-refractivity contribution in [2.75, 3.05) is 25.2 Å². The lowest BCUT2D eigenvalue weighted by molar-refractivity contribution is -0.136. The maximum atomic E-state index is 13.2. The van der Waals surface area contributed by atoms with Gasteiger partial charge in [0, 0.05) is 11.6 Å². The van der Waals surface area contributed by atoms with Gasteiger partial charge in [0.15, 0.2) is 27.9 Å². The second-order valence-corrected chi connectivity index (χ2v) is 10.0. The van der Waals surface area contributed by atoms with Gasteiger partial charge in [0.1, 0.15) is 17.3 Å². The molecule has 0 radical (unpaired) electrons. The number of rotatable bonds is 8. The van der Waals surface area contributed by atoms with Crippen molar-refractivity contribution in [3.05, 3.63) is 72.2 Å². The average Bonchev–Trinajstić information content (AvgIpc) is 3.42. The Hall–Kier alpha value is -3.33. The Morgan fingerprint density at radius 1 is 1.09 bits per heavy atom. The summed E-state index contributed by atoms with van der Waals surface area (Å²) in [6.45, 7) is -0.183. The molecule has 0 unspecified atom stereocenters. The molecule has 2 aromatic carbocycles. The molecule has 9 heteroatoms. The molecule has 1 atom stereocenters. The summed E-state index contributed by atoms with van der Waals surface area (Å²) in [5, 5.41) is 0. The molecule has 0 N–H and O–H groups in total. The number of methoxy groups -OCH3 is 1. The average molecular weight is 474 g/mol. The van der Waals surface area contributed by atoms with E-state index in [0.29, 0.717) is 35.0 Å². The van der Waals surface area contributed by atoms with E-state index in [9.17, 15) is 17.6 Å². The molecule has 33 heavy (non-hydrogen) atoms. The molecule has 1 fully saturated rings. The zero-order valence-corrected chi connectivity index (χ0v) is 18.9. The molecule has 0 aliphatic carbocycles. The van der Waals surface area contributed by atoms with Crippen molar-refractivity contribution in [2.45, 2.75) is 19.0 Å². The Morgan fingerprint density at radius 2 is 1.82 bits per heavy atom. The Bertz CT molecular complexity index is 1220. The highest BCUT2D eigenvalue weighted by Gasteiger charge is 2.35. The third kappa shape index (κ3) is 5.54. The molecule has 1 aliphatic rings. The van der Waals surface area contributed by atoms with E-state index in [2.05, 4.69) is 0 Å². The summed E-state index contributed by atoms with van der Waals surface area (Å²) in [5.74, 6) is 1.17. The van der Waals surface area contributed by atoms with Gasteiger partial charge < -0.3 is 18.8 Å². The van der Waals surface area contributed by atoms with E-state index in [4.69, 9.17) is 13.9 Å². The molecule has 0 saturated carbocycles. The quantitative estimate of drug-likeness (QED) is 0.496. The van der Waals surface area contributed by atoms with Gasteiger partial charge in [-0.1, -0.05) is 12.1 Å². The van der Waals surface area contributed by atoms with Crippen molar-refractivity contribution in [1.29, 1.82) is 0 Å². The molecule has 1 saturated heterocycles. The van der Waals surface area contributed by atoms with Crippen molar-refractivity contribution in [1.82, 2.24) is 4.90 Å². The fraction of sp³-hybridized carbons (Fsp3) is 0.292. The fourth-order valence-corrected chi connectivity index (χ4v) is 5.53. The first-order valence-electron chi connectivity index (χ1n) is 10.4. The van der Waals surface area contributed by atoms with Gasteiger partial charge in [-0.15, -0.1) is 0 Å². The summed E-state index contributed by atoms with van der Waals surface area (Å²) in [6, 6.07) is 15.9. The Balaban J connectivity index is 1.51. The van der Waals surface area contributed by atoms with Crippen LogP contribution in [0.15, 0.2) is 65.1 Å². The van der Waals surface area contributed by atoms with Crippen LogP contribution in [-0.2, 0) is 21.2 Å². The standard InChI is InChI=1S/C24H24FNO6S/c1-30-22-4-2-3-5-23(22)31-15-24(27)26(19-12-13-33(28,29)16-19)14-20-10-11-21(32-20)17-6-8-18(25)9-7-17/h2-11,19H,12-16H2,1H3/t19-/m0/s1. The summed E-state index contributed by atoms with van der Waals surface area (Å²) in [7, 11) is -1.70. The maximum Gasteiger partial charge on any atom is 0.261 e. The highest BCUT2D eigenvalue weighted by Crippen LogP contribution is 2.28. The molecule has 0 bridgehead atoms. The summed E-state index contributed by atoms with van der Waals surface area (Å²) in [5.41, 5.74) is 0.698. The third-order valence-corrected chi connectivity index (χ3v) is 7.26. The van der Waals surface area contributed by atoms with Crippen LogP contribution in [0.5, 0.6) is 11.5 Å². The van der Waals surface area contributed by atoms with Crippen LogP contribution in [-0.4, -0.2) is 50.5 Å². The van der Waals surface area contributed by atoms with Gasteiger partial charge in [0.2, 0.25) is 0 Å². The van der Waals surface area contributed by atoms with Gasteiger partial charge in [-0.25, -0.2) is 12.8 Å². The zero-order valence-electron chi connectivity index (χ0n) is 18.1. The van der Waals surface area contributed by atoms with E-state index in [1.165, 1.54) is 24.1 Å². The minimum Gasteiger partial charge on any atom is -0.493 e. The predicted molar refractivity (Wildman–Crippen MR) is 120 cm³/mol. The molecule has 1 aliphatic heterocycles. The summed E-state index contributed by atoms with van der Waals surface area (Å²) >= 11 is 0. The predicted octanol–water partition coefficient (Wildman–Crippen LogP) is 3.69. The second kappa shape index (κ2) is 9.66. The monoisotopic (exact) mass is 473 g/mol. The van der Waals surface area contributed by atoms with Crippen molar-refractivity contribution in [3.8, 4) is 22.8 Å². The number of carbonyl (C=O) groups excluding carboxylic acids is 1. The number of benzene rings is 2. The lowest BCUT2D eigenvalue weighted by Crippen LogP contribution is -2.43. The molecule has 4 rings (SSSR count). The smallest absolute Gasteiger partial charge is 0.261 e. The first kappa shape index (κ1) is 22.8. The second-order valence-electron chi connectivity index (χ2n) is 7.79. The van der Waals surface area contributed by atoms with Gasteiger partial charge in [-0.3, -0.25) is 4.79 Å². The highest BCUT2D eigenvalue weighted by atomic mass is 32.2. The third-order valence-electron chi connectivity index (χ3n) is 5.51. The highest BCUT2D eigenvalue weighted by molar-refractivity contribution is 7.91. The zero-order chi connectivity index (χ0) is 23.4. The van der Waals surface area contributed by atoms with Crippen molar-refractivity contribution < 1.29 is 31.5 Å². The van der Waals surface area contributed by atoms with Crippen molar-refractivity contribution in [2.24, 2.45) is 0 Å². The molecule has 0 spiro atoms. The molecular weight excluding hydrogens is 449 g/mol. The number of para-hydroxylation sites is 2. The van der Waals surface area contributed by atoms with Crippen LogP contribution in [0, 0.1) is 5.82 Å². The topological polar surface area (TPSA) is 86.1 Å². The normalized spacial score (nSPS) is 17.0. The van der Waals surface area contributed by atoms with E-state index in [1.54, 1.807) is 48.5 Å². The van der Waals surface area contributed by atoms with Crippen LogP contribution in [0.1, 0.15) is 12.2 Å². The maximum absolute atomic E-state index is 13.2. The molecule has 3 aromatic rings. The Morgan fingerprint density at radius 3 is 2.48 bits per heavy atom. The minimum absolute atomic E-state index is 0.0355. The molecule has 174 valence electrons. The van der Waals surface area contributed by atoms with Gasteiger partial charge in [-0.05, 0) is 55.0 Å². The number of sulfone groups is 1. The molecule has 7 nitrogen and oxygen atoms in total. The molecule has 1 amide bonds. The number of hydrogen-bond acceptors (Lipinski definition) is 6. The first-order valence-corrected chi connectivity index (χ1v) is 12.3. The number of ether oxygens (including phenoxy) is 2. The molecule has 1 aromatic heterocycles. The Labute approximate surface area is 191 Å². The number of halogens is 1. The van der Waals surface area contributed by atoms with Crippen LogP contribution < -0.4 is 9.47 Å². The van der Waals surface area contributed by atoms with E-state index in [0.717, 1.165) is 0 Å². The van der Waals surface area contributed by atoms with Crippen LogP contribution >= 0.6 is 0 Å². The lowest BCUT2D eigenvalue weighted by Gasteiger charge is -2.27. The van der Waals surface area contributed by atoms with Crippen LogP contribution in [0.3, 0.4) is 0 Å². The number of furan rings is 1. The van der Waals surface area contributed by atoms with E-state index < -0.39 is 15.9 Å². The van der Waals surface area contributed by atoms with E-state index >= 15 is 0 Å². The van der Waals surface area contributed by atoms with E-state index in [-0.39, 0.29) is 36.4 Å². The molecular formula is C24H24FNO6S. The first-order chi connectivity index (χ1) is 15.8. The van der Waals surface area contributed by atoms with Crippen LogP contribution in [0.25, 0.3) is 11.3 Å². The van der Waals surface area contributed by atoms with Crippen molar-refractivity contribution >= 4 is 15.7 Å². The Kier molecular flexibility index (Phi) is 6.69. The summed E-state index contributed by atoms with van der Waals surface area (Å²) in [4.78, 5) is 14.6. The van der Waals surface area contributed by atoms with Crippen LogP contribution in [0.2, 0.25) is 0 Å². The number of nitrogens with zero attached hydrogens (tertiary/aromatic N) is 1. The summed E-state index contributed by atoms with van der Waals surface area (Å²) in [6.07, 6.45) is 0.355. The van der Waals surface area contributed by atoms with Gasteiger partial charge >= 0.3 is 0 Å². The SMILES string of the molecule is COc1ccccc1OCC(=O)N(Cc1ccc(-c2ccc(F)cc2)o1)[C@H]1CCS(=O)(=O)C1. The minimum atomic E-state index is -3.21. The number of carbonyl (C=O) groups is 1. The fourth-order valence-electron chi connectivity index (χ4n) is 3.80. The largest absolute Gasteiger partial charge is 0.493 e. The van der Waals surface area contributed by atoms with Gasteiger partial charge in [0.25, 0.3) is 5.91 Å². The lowest BCUT2D eigenvalue weighted by atomic mass is 10.2. The van der Waals surface area contributed by atoms with Gasteiger partial charge in [-0.2, -0.15) is 0 Å². The number of hydrogen-bond donors (Lipinski definition) is 0. The summed E-state index contributed by atoms with van der Waals surface area (Å²) < 4.78 is 54.1. The van der Waals surface area contributed by atoms with Crippen molar-refractivity contribution in [3.63, 3.8) is 0 Å². The molecule has 2 heterocycles. The number of amides is 1. The van der Waals surface area contributed by atoms with Crippen LogP contribution in [0.4, 0.5) is 4.39 Å².